The van der Waals surface area contributed by atoms with Crippen LogP contribution in [0.15, 0.2) is 48.5 Å². The molecule has 0 aliphatic heterocycles. The van der Waals surface area contributed by atoms with Gasteiger partial charge in [0.25, 0.3) is 0 Å². The van der Waals surface area contributed by atoms with Crippen LogP contribution in [0.4, 0.5) is 4.79 Å². The predicted octanol–water partition coefficient (Wildman–Crippen LogP) is 2.38. The van der Waals surface area contributed by atoms with Crippen molar-refractivity contribution in [3.8, 4) is 11.1 Å². The van der Waals surface area contributed by atoms with Gasteiger partial charge in [-0.1, -0.05) is 48.5 Å². The molecule has 1 aliphatic carbocycles. The van der Waals surface area contributed by atoms with Gasteiger partial charge in [-0.05, 0) is 28.7 Å². The second kappa shape index (κ2) is 9.34. The van der Waals surface area contributed by atoms with Gasteiger partial charge < -0.3 is 25.0 Å². The number of aliphatic hydroxyl groups excluding tert-OH is 1. The van der Waals surface area contributed by atoms with Crippen LogP contribution in [0, 0.1) is 0 Å². The molecule has 3 N–H and O–H groups in total. The SMILES string of the molecule is O=C(N[C@@H](COCCCO)C(=O)O)OCC1c2ccccc2-c2ccccc21. The van der Waals surface area contributed by atoms with Crippen LogP contribution in [-0.2, 0) is 14.3 Å². The average Bonchev–Trinajstić information content (AvgIpc) is 3.02. The van der Waals surface area contributed by atoms with Crippen molar-refractivity contribution in [1.29, 1.82) is 0 Å². The van der Waals surface area contributed by atoms with Gasteiger partial charge in [0, 0.05) is 19.1 Å². The van der Waals surface area contributed by atoms with Crippen LogP contribution < -0.4 is 5.32 Å². The van der Waals surface area contributed by atoms with E-state index in [0.29, 0.717) is 6.42 Å². The standard InChI is InChI=1S/C21H23NO6/c23-10-5-11-27-13-19(20(24)25)22-21(26)28-12-18-16-8-3-1-6-14(16)15-7-2-4-9-17(15)18/h1-4,6-9,18-19,23H,5,10-13H2,(H,22,26)(H,24,25)/t19-/m0/s1. The highest BCUT2D eigenvalue weighted by Crippen LogP contribution is 2.44. The van der Waals surface area contributed by atoms with Gasteiger partial charge in [-0.2, -0.15) is 0 Å². The summed E-state index contributed by atoms with van der Waals surface area (Å²) in [6.45, 7) is 0.0846. The van der Waals surface area contributed by atoms with Crippen LogP contribution in [0.1, 0.15) is 23.5 Å². The third-order valence-corrected chi connectivity index (χ3v) is 4.67. The lowest BCUT2D eigenvalue weighted by Gasteiger charge is -2.17. The Balaban J connectivity index is 1.60. The number of nitrogens with one attached hydrogen (secondary N) is 1. The Hall–Kier alpha value is -2.90. The van der Waals surface area contributed by atoms with E-state index in [9.17, 15) is 14.7 Å². The molecule has 28 heavy (non-hydrogen) atoms. The summed E-state index contributed by atoms with van der Waals surface area (Å²) in [7, 11) is 0. The fourth-order valence-electron chi connectivity index (χ4n) is 3.32. The van der Waals surface area contributed by atoms with Crippen molar-refractivity contribution in [2.75, 3.05) is 26.4 Å². The number of ether oxygens (including phenoxy) is 2. The van der Waals surface area contributed by atoms with E-state index in [-0.39, 0.29) is 32.3 Å². The Bertz CT molecular complexity index is 792. The van der Waals surface area contributed by atoms with Gasteiger partial charge in [0.15, 0.2) is 6.04 Å². The lowest BCUT2D eigenvalue weighted by atomic mass is 9.98. The topological polar surface area (TPSA) is 105 Å². The quantitative estimate of drug-likeness (QED) is 0.573. The molecule has 1 atom stereocenters. The van der Waals surface area contributed by atoms with Crippen LogP contribution in [0.3, 0.4) is 0 Å². The molecular weight excluding hydrogens is 362 g/mol. The third-order valence-electron chi connectivity index (χ3n) is 4.67. The first-order valence-electron chi connectivity index (χ1n) is 9.14. The van der Waals surface area contributed by atoms with Crippen molar-refractivity contribution in [2.45, 2.75) is 18.4 Å². The molecule has 2 aromatic carbocycles. The van der Waals surface area contributed by atoms with Crippen LogP contribution in [0.25, 0.3) is 11.1 Å². The fourth-order valence-corrected chi connectivity index (χ4v) is 3.32. The van der Waals surface area contributed by atoms with Crippen molar-refractivity contribution in [3.63, 3.8) is 0 Å². The molecule has 148 valence electrons. The van der Waals surface area contributed by atoms with Gasteiger partial charge >= 0.3 is 12.1 Å². The van der Waals surface area contributed by atoms with Crippen molar-refractivity contribution in [2.24, 2.45) is 0 Å². The first kappa shape index (κ1) is 19.9. The molecule has 7 heteroatoms. The fraction of sp³-hybridized carbons (Fsp3) is 0.333. The number of carbonyl (C=O) groups excluding carboxylic acids is 1. The summed E-state index contributed by atoms with van der Waals surface area (Å²) in [5.41, 5.74) is 4.40. The number of aliphatic carboxylic acids is 1. The monoisotopic (exact) mass is 385 g/mol. The zero-order chi connectivity index (χ0) is 19.9. The Morgan fingerprint density at radius 2 is 1.64 bits per heavy atom. The summed E-state index contributed by atoms with van der Waals surface area (Å²) in [6, 6.07) is 14.7. The zero-order valence-corrected chi connectivity index (χ0v) is 15.3. The van der Waals surface area contributed by atoms with E-state index in [4.69, 9.17) is 14.6 Å². The highest BCUT2D eigenvalue weighted by atomic mass is 16.5. The minimum absolute atomic E-state index is 0.0441. The molecule has 2 aromatic rings. The van der Waals surface area contributed by atoms with Gasteiger partial charge in [0.2, 0.25) is 0 Å². The second-order valence-electron chi connectivity index (χ2n) is 6.51. The molecule has 0 radical (unpaired) electrons. The molecule has 0 aromatic heterocycles. The Morgan fingerprint density at radius 3 is 2.21 bits per heavy atom. The van der Waals surface area contributed by atoms with Gasteiger partial charge in [-0.3, -0.25) is 0 Å². The number of hydrogen-bond donors (Lipinski definition) is 3. The number of carboxylic acids is 1. The van der Waals surface area contributed by atoms with E-state index in [2.05, 4.69) is 5.32 Å². The first-order valence-corrected chi connectivity index (χ1v) is 9.14. The summed E-state index contributed by atoms with van der Waals surface area (Å²) in [5.74, 6) is -1.31. The number of carboxylic acid groups (broad SMARTS) is 1. The number of aliphatic hydroxyl groups is 1. The first-order chi connectivity index (χ1) is 13.6. The molecule has 3 rings (SSSR count). The molecular formula is C21H23NO6. The number of alkyl carbamates (subject to hydrolysis) is 1. The van der Waals surface area contributed by atoms with E-state index < -0.39 is 18.1 Å². The summed E-state index contributed by atoms with van der Waals surface area (Å²) < 4.78 is 10.5. The van der Waals surface area contributed by atoms with E-state index in [1.165, 1.54) is 0 Å². The molecule has 0 heterocycles. The summed E-state index contributed by atoms with van der Waals surface area (Å²) in [5, 5.41) is 20.2. The van der Waals surface area contributed by atoms with Crippen molar-refractivity contribution in [3.05, 3.63) is 59.7 Å². The third kappa shape index (κ3) is 4.49. The highest BCUT2D eigenvalue weighted by Gasteiger charge is 2.29. The van der Waals surface area contributed by atoms with E-state index in [1.807, 2.05) is 48.5 Å². The summed E-state index contributed by atoms with van der Waals surface area (Å²) in [6.07, 6.45) is -0.405. The van der Waals surface area contributed by atoms with E-state index in [1.54, 1.807) is 0 Å². The highest BCUT2D eigenvalue weighted by molar-refractivity contribution is 5.81. The molecule has 1 amide bonds. The Kier molecular flexibility index (Phi) is 6.62. The molecule has 0 fully saturated rings. The minimum atomic E-state index is -1.21. The van der Waals surface area contributed by atoms with Crippen LogP contribution in [0.2, 0.25) is 0 Å². The number of carbonyl (C=O) groups is 2. The van der Waals surface area contributed by atoms with Gasteiger partial charge in [-0.25, -0.2) is 9.59 Å². The number of benzene rings is 2. The molecule has 1 aliphatic rings. The van der Waals surface area contributed by atoms with Gasteiger partial charge in [0.05, 0.1) is 6.61 Å². The molecule has 0 bridgehead atoms. The minimum Gasteiger partial charge on any atom is -0.480 e. The number of rotatable bonds is 9. The van der Waals surface area contributed by atoms with Crippen molar-refractivity contribution in [1.82, 2.24) is 5.32 Å². The predicted molar refractivity (Wildman–Crippen MR) is 102 cm³/mol. The number of hydrogen-bond acceptors (Lipinski definition) is 5. The maximum absolute atomic E-state index is 12.1. The number of amides is 1. The molecule has 0 unspecified atom stereocenters. The normalized spacial score (nSPS) is 13.5. The van der Waals surface area contributed by atoms with Crippen LogP contribution in [-0.4, -0.2) is 54.7 Å². The van der Waals surface area contributed by atoms with Crippen LogP contribution >= 0.6 is 0 Å². The summed E-state index contributed by atoms with van der Waals surface area (Å²) >= 11 is 0. The smallest absolute Gasteiger partial charge is 0.407 e. The Morgan fingerprint density at radius 1 is 1.04 bits per heavy atom. The molecule has 0 spiro atoms. The lowest BCUT2D eigenvalue weighted by molar-refractivity contribution is -0.141. The molecule has 7 nitrogen and oxygen atoms in total. The number of fused-ring (bicyclic) bond motifs is 3. The Labute approximate surface area is 162 Å². The van der Waals surface area contributed by atoms with Gasteiger partial charge in [-0.15, -0.1) is 0 Å². The lowest BCUT2D eigenvalue weighted by Crippen LogP contribution is -2.44. The second-order valence-corrected chi connectivity index (χ2v) is 6.51. The van der Waals surface area contributed by atoms with Crippen molar-refractivity contribution >= 4 is 12.1 Å². The van der Waals surface area contributed by atoms with E-state index >= 15 is 0 Å². The summed E-state index contributed by atoms with van der Waals surface area (Å²) in [4.78, 5) is 23.4. The maximum atomic E-state index is 12.1. The molecule has 0 saturated heterocycles. The average molecular weight is 385 g/mol. The van der Waals surface area contributed by atoms with Gasteiger partial charge in [0.1, 0.15) is 6.61 Å². The van der Waals surface area contributed by atoms with Crippen molar-refractivity contribution < 1.29 is 29.3 Å². The largest absolute Gasteiger partial charge is 0.480 e. The maximum Gasteiger partial charge on any atom is 0.407 e. The molecule has 0 saturated carbocycles. The van der Waals surface area contributed by atoms with E-state index in [0.717, 1.165) is 22.3 Å². The van der Waals surface area contributed by atoms with Crippen LogP contribution in [0.5, 0.6) is 0 Å². The zero-order valence-electron chi connectivity index (χ0n) is 15.3.